The van der Waals surface area contributed by atoms with Gasteiger partial charge < -0.3 is 16.0 Å². The van der Waals surface area contributed by atoms with Crippen LogP contribution in [0.15, 0.2) is 12.4 Å². The summed E-state index contributed by atoms with van der Waals surface area (Å²) in [6, 6.07) is 0. The number of rotatable bonds is 1. The molecule has 1 amide bonds. The molecule has 14 heavy (non-hydrogen) atoms. The molecule has 1 fully saturated rings. The lowest BCUT2D eigenvalue weighted by molar-refractivity contribution is -0.120. The van der Waals surface area contributed by atoms with Gasteiger partial charge in [-0.15, -0.1) is 0 Å². The van der Waals surface area contributed by atoms with Crippen LogP contribution < -0.4 is 16.0 Å². The van der Waals surface area contributed by atoms with Crippen molar-refractivity contribution in [1.82, 2.24) is 15.3 Å². The van der Waals surface area contributed by atoms with Crippen LogP contribution in [0.25, 0.3) is 0 Å². The van der Waals surface area contributed by atoms with Gasteiger partial charge in [-0.25, -0.2) is 9.97 Å². The fraction of sp³-hybridized carbons (Fsp3) is 0.375. The van der Waals surface area contributed by atoms with E-state index in [9.17, 15) is 4.79 Å². The third-order valence-corrected chi connectivity index (χ3v) is 1.98. The number of amides is 1. The Morgan fingerprint density at radius 3 is 2.79 bits per heavy atom. The number of aromatic nitrogens is 2. The number of carbonyl (C=O) groups excluding carboxylic acids is 1. The molecule has 1 aromatic rings. The van der Waals surface area contributed by atoms with Crippen LogP contribution in [-0.2, 0) is 4.79 Å². The molecule has 1 aliphatic heterocycles. The lowest BCUT2D eigenvalue weighted by Crippen LogP contribution is -2.48. The molecule has 0 radical (unpaired) electrons. The van der Waals surface area contributed by atoms with Gasteiger partial charge in [-0.2, -0.15) is 0 Å². The molecule has 1 aromatic heterocycles. The molecule has 0 aromatic carbocycles. The number of nitrogens with two attached hydrogens (primary N) is 1. The van der Waals surface area contributed by atoms with Gasteiger partial charge in [0, 0.05) is 13.1 Å². The SMILES string of the molecule is Nc1cnc(N2CCNC(=O)C2)nc1. The Morgan fingerprint density at radius 2 is 2.14 bits per heavy atom. The molecular formula is C8H11N5O. The fourth-order valence-electron chi connectivity index (χ4n) is 1.30. The Morgan fingerprint density at radius 1 is 1.43 bits per heavy atom. The Bertz CT molecular complexity index is 336. The summed E-state index contributed by atoms with van der Waals surface area (Å²) in [6.07, 6.45) is 3.07. The Labute approximate surface area is 81.1 Å². The zero-order valence-electron chi connectivity index (χ0n) is 7.60. The number of hydrogen-bond donors (Lipinski definition) is 2. The van der Waals surface area contributed by atoms with E-state index < -0.39 is 0 Å². The van der Waals surface area contributed by atoms with Gasteiger partial charge in [0.25, 0.3) is 0 Å². The summed E-state index contributed by atoms with van der Waals surface area (Å²) in [5, 5.41) is 2.73. The zero-order valence-corrected chi connectivity index (χ0v) is 7.60. The summed E-state index contributed by atoms with van der Waals surface area (Å²) >= 11 is 0. The van der Waals surface area contributed by atoms with E-state index in [1.807, 2.05) is 4.90 Å². The van der Waals surface area contributed by atoms with E-state index >= 15 is 0 Å². The van der Waals surface area contributed by atoms with Gasteiger partial charge in [-0.05, 0) is 0 Å². The molecule has 6 heteroatoms. The topological polar surface area (TPSA) is 84.1 Å². The van der Waals surface area contributed by atoms with Gasteiger partial charge in [0.2, 0.25) is 11.9 Å². The number of nitrogens with zero attached hydrogens (tertiary/aromatic N) is 3. The smallest absolute Gasteiger partial charge is 0.239 e. The minimum atomic E-state index is -0.00308. The Hall–Kier alpha value is -1.85. The molecule has 3 N–H and O–H groups in total. The molecule has 74 valence electrons. The van der Waals surface area contributed by atoms with Crippen molar-refractivity contribution in [2.75, 3.05) is 30.3 Å². The molecule has 0 spiro atoms. The van der Waals surface area contributed by atoms with Gasteiger partial charge in [0.1, 0.15) is 0 Å². The van der Waals surface area contributed by atoms with Crippen LogP contribution in [0, 0.1) is 0 Å². The monoisotopic (exact) mass is 193 g/mol. The maximum atomic E-state index is 11.1. The highest BCUT2D eigenvalue weighted by Gasteiger charge is 2.17. The van der Waals surface area contributed by atoms with Crippen LogP contribution in [-0.4, -0.2) is 35.5 Å². The lowest BCUT2D eigenvalue weighted by Gasteiger charge is -2.26. The predicted octanol–water partition coefficient (Wildman–Crippen LogP) is -1.01. The molecule has 6 nitrogen and oxygen atoms in total. The fourth-order valence-corrected chi connectivity index (χ4v) is 1.30. The first kappa shape index (κ1) is 8.74. The summed E-state index contributed by atoms with van der Waals surface area (Å²) in [7, 11) is 0. The average molecular weight is 193 g/mol. The first-order chi connectivity index (χ1) is 6.75. The molecule has 1 saturated heterocycles. The molecule has 0 aliphatic carbocycles. The number of piperazine rings is 1. The highest BCUT2D eigenvalue weighted by atomic mass is 16.2. The van der Waals surface area contributed by atoms with Crippen molar-refractivity contribution in [2.45, 2.75) is 0 Å². The van der Waals surface area contributed by atoms with Crippen LogP contribution in [0.4, 0.5) is 11.6 Å². The molecule has 2 rings (SSSR count). The van der Waals surface area contributed by atoms with Crippen LogP contribution in [0.1, 0.15) is 0 Å². The maximum absolute atomic E-state index is 11.1. The van der Waals surface area contributed by atoms with Crippen LogP contribution in [0.2, 0.25) is 0 Å². The standard InChI is InChI=1S/C8H11N5O/c9-6-3-11-8(12-4-6)13-2-1-10-7(14)5-13/h3-4H,1-2,5,9H2,(H,10,14). The van der Waals surface area contributed by atoms with Crippen molar-refractivity contribution in [3.63, 3.8) is 0 Å². The largest absolute Gasteiger partial charge is 0.396 e. The van der Waals surface area contributed by atoms with E-state index in [4.69, 9.17) is 5.73 Å². The summed E-state index contributed by atoms with van der Waals surface area (Å²) in [4.78, 5) is 21.0. The average Bonchev–Trinajstić information content (AvgIpc) is 2.19. The quantitative estimate of drug-likeness (QED) is 0.597. The second kappa shape index (κ2) is 3.49. The second-order valence-corrected chi connectivity index (χ2v) is 3.09. The number of nitrogen functional groups attached to an aromatic ring is 1. The van der Waals surface area contributed by atoms with E-state index in [1.54, 1.807) is 0 Å². The number of nitrogens with one attached hydrogen (secondary N) is 1. The van der Waals surface area contributed by atoms with E-state index in [0.717, 1.165) is 6.54 Å². The van der Waals surface area contributed by atoms with Crippen LogP contribution in [0.3, 0.4) is 0 Å². The normalized spacial score (nSPS) is 16.6. The third-order valence-electron chi connectivity index (χ3n) is 1.98. The van der Waals surface area contributed by atoms with Crippen molar-refractivity contribution in [3.8, 4) is 0 Å². The van der Waals surface area contributed by atoms with E-state index in [0.29, 0.717) is 24.7 Å². The zero-order chi connectivity index (χ0) is 9.97. The second-order valence-electron chi connectivity index (χ2n) is 3.09. The summed E-state index contributed by atoms with van der Waals surface area (Å²) in [6.45, 7) is 1.67. The molecular weight excluding hydrogens is 182 g/mol. The maximum Gasteiger partial charge on any atom is 0.239 e. The summed E-state index contributed by atoms with van der Waals surface area (Å²) in [5.41, 5.74) is 5.98. The minimum absolute atomic E-state index is 0.00308. The number of anilines is 2. The molecule has 0 atom stereocenters. The van der Waals surface area contributed by atoms with E-state index in [2.05, 4.69) is 15.3 Å². The third kappa shape index (κ3) is 1.73. The summed E-state index contributed by atoms with van der Waals surface area (Å²) in [5.74, 6) is 0.547. The van der Waals surface area contributed by atoms with Crippen molar-refractivity contribution in [3.05, 3.63) is 12.4 Å². The molecule has 2 heterocycles. The lowest BCUT2D eigenvalue weighted by atomic mass is 10.4. The number of carbonyl (C=O) groups is 1. The Balaban J connectivity index is 2.14. The van der Waals surface area contributed by atoms with Crippen LogP contribution in [0.5, 0.6) is 0 Å². The predicted molar refractivity (Wildman–Crippen MR) is 51.7 cm³/mol. The summed E-state index contributed by atoms with van der Waals surface area (Å²) < 4.78 is 0. The van der Waals surface area contributed by atoms with E-state index in [1.165, 1.54) is 12.4 Å². The minimum Gasteiger partial charge on any atom is -0.396 e. The van der Waals surface area contributed by atoms with Crippen LogP contribution >= 0.6 is 0 Å². The molecule has 0 unspecified atom stereocenters. The first-order valence-electron chi connectivity index (χ1n) is 4.35. The first-order valence-corrected chi connectivity index (χ1v) is 4.35. The van der Waals surface area contributed by atoms with Crippen molar-refractivity contribution >= 4 is 17.5 Å². The van der Waals surface area contributed by atoms with Crippen molar-refractivity contribution in [2.24, 2.45) is 0 Å². The van der Waals surface area contributed by atoms with Gasteiger partial charge >= 0.3 is 0 Å². The molecule has 0 saturated carbocycles. The highest BCUT2D eigenvalue weighted by Crippen LogP contribution is 2.08. The van der Waals surface area contributed by atoms with Gasteiger partial charge in [-0.1, -0.05) is 0 Å². The van der Waals surface area contributed by atoms with E-state index in [-0.39, 0.29) is 5.91 Å². The highest BCUT2D eigenvalue weighted by molar-refractivity contribution is 5.81. The molecule has 0 bridgehead atoms. The van der Waals surface area contributed by atoms with Crippen molar-refractivity contribution in [1.29, 1.82) is 0 Å². The molecule has 1 aliphatic rings. The van der Waals surface area contributed by atoms with Gasteiger partial charge in [0.15, 0.2) is 0 Å². The number of hydrogen-bond acceptors (Lipinski definition) is 5. The van der Waals surface area contributed by atoms with Gasteiger partial charge in [0.05, 0.1) is 24.6 Å². The van der Waals surface area contributed by atoms with Crippen molar-refractivity contribution < 1.29 is 4.79 Å². The van der Waals surface area contributed by atoms with Gasteiger partial charge in [-0.3, -0.25) is 4.79 Å². The Kier molecular flexibility index (Phi) is 2.18.